The van der Waals surface area contributed by atoms with Crippen molar-refractivity contribution in [3.63, 3.8) is 0 Å². The van der Waals surface area contributed by atoms with Gasteiger partial charge in [-0.25, -0.2) is 4.99 Å². The molecule has 4 nitrogen and oxygen atoms in total. The minimum absolute atomic E-state index is 0.0187. The average Bonchev–Trinajstić information content (AvgIpc) is 2.79. The molecule has 1 aromatic rings. The molecule has 0 fully saturated rings. The van der Waals surface area contributed by atoms with Gasteiger partial charge in [-0.05, 0) is 6.07 Å². The highest BCUT2D eigenvalue weighted by Crippen LogP contribution is 2.44. The Morgan fingerprint density at radius 1 is 1.42 bits per heavy atom. The van der Waals surface area contributed by atoms with Crippen LogP contribution in [-0.4, -0.2) is 34.2 Å². The molecular formula is C9H5ClF5N4. The summed E-state index contributed by atoms with van der Waals surface area (Å²) in [5.74, 6) is 0. The highest BCUT2D eigenvalue weighted by Gasteiger charge is 2.48. The van der Waals surface area contributed by atoms with E-state index >= 15 is 0 Å². The Hall–Kier alpha value is -1.64. The van der Waals surface area contributed by atoms with Crippen molar-refractivity contribution in [2.24, 2.45) is 4.99 Å². The number of nitrogens with one attached hydrogen (secondary N) is 1. The van der Waals surface area contributed by atoms with Gasteiger partial charge in [0.25, 0.3) is 0 Å². The van der Waals surface area contributed by atoms with Crippen LogP contribution in [0.2, 0.25) is 0 Å². The van der Waals surface area contributed by atoms with Crippen molar-refractivity contribution in [2.45, 2.75) is 18.8 Å². The number of aliphatic imine (C=N–C) groups is 1. The van der Waals surface area contributed by atoms with Gasteiger partial charge in [-0.3, -0.25) is 10.00 Å². The number of halogens is 6. The molecule has 103 valence electrons. The van der Waals surface area contributed by atoms with E-state index in [-0.39, 0.29) is 10.6 Å². The van der Waals surface area contributed by atoms with Crippen LogP contribution in [-0.2, 0) is 0 Å². The number of H-pyrrole nitrogens is 1. The second-order valence-corrected chi connectivity index (χ2v) is 3.86. The molecule has 0 bridgehead atoms. The van der Waals surface area contributed by atoms with Crippen molar-refractivity contribution in [1.29, 1.82) is 0 Å². The number of aromatic nitrogens is 2. The molecule has 0 saturated heterocycles. The van der Waals surface area contributed by atoms with Crippen LogP contribution in [0.4, 0.5) is 22.0 Å². The Labute approximate surface area is 108 Å². The highest BCUT2D eigenvalue weighted by atomic mass is 35.5. The lowest BCUT2D eigenvalue weighted by Crippen LogP contribution is -2.39. The summed E-state index contributed by atoms with van der Waals surface area (Å²) in [7, 11) is 0. The molecule has 1 N–H and O–H groups in total. The van der Waals surface area contributed by atoms with Gasteiger partial charge in [0.05, 0.1) is 11.3 Å². The summed E-state index contributed by atoms with van der Waals surface area (Å²) < 4.78 is 64.4. The SMILES string of the molecule is FC(F)N1[C]=NC(Cl)=C(C(F)(F)F)C1c1cc[nH]n1. The van der Waals surface area contributed by atoms with Crippen LogP contribution >= 0.6 is 11.6 Å². The molecule has 19 heavy (non-hydrogen) atoms. The van der Waals surface area contributed by atoms with E-state index in [9.17, 15) is 22.0 Å². The van der Waals surface area contributed by atoms with Gasteiger partial charge in [-0.2, -0.15) is 27.1 Å². The third kappa shape index (κ3) is 2.55. The Kier molecular flexibility index (Phi) is 3.48. The van der Waals surface area contributed by atoms with Crippen LogP contribution in [0, 0.1) is 0 Å². The Morgan fingerprint density at radius 3 is 2.58 bits per heavy atom. The molecular weight excluding hydrogens is 295 g/mol. The molecule has 1 atom stereocenters. The zero-order chi connectivity index (χ0) is 14.2. The van der Waals surface area contributed by atoms with E-state index in [1.165, 1.54) is 6.20 Å². The van der Waals surface area contributed by atoms with E-state index in [2.05, 4.69) is 15.2 Å². The van der Waals surface area contributed by atoms with Crippen molar-refractivity contribution in [2.75, 3.05) is 0 Å². The first-order valence-electron chi connectivity index (χ1n) is 4.81. The van der Waals surface area contributed by atoms with Crippen molar-refractivity contribution in [3.05, 3.63) is 28.7 Å². The molecule has 1 aliphatic heterocycles. The summed E-state index contributed by atoms with van der Waals surface area (Å²) in [4.78, 5) is 3.04. The lowest BCUT2D eigenvalue weighted by Gasteiger charge is -2.32. The predicted octanol–water partition coefficient (Wildman–Crippen LogP) is 2.91. The molecule has 1 radical (unpaired) electrons. The minimum Gasteiger partial charge on any atom is -0.285 e. The third-order valence-corrected chi connectivity index (χ3v) is 2.64. The van der Waals surface area contributed by atoms with Gasteiger partial charge >= 0.3 is 12.7 Å². The van der Waals surface area contributed by atoms with Crippen LogP contribution in [0.3, 0.4) is 0 Å². The summed E-state index contributed by atoms with van der Waals surface area (Å²) >= 11 is 5.37. The molecule has 0 aliphatic carbocycles. The van der Waals surface area contributed by atoms with Crippen molar-refractivity contribution >= 4 is 17.9 Å². The topological polar surface area (TPSA) is 44.3 Å². The number of hydrogen-bond acceptors (Lipinski definition) is 3. The lowest BCUT2D eigenvalue weighted by molar-refractivity contribution is -0.108. The van der Waals surface area contributed by atoms with Crippen molar-refractivity contribution in [1.82, 2.24) is 15.1 Å². The lowest BCUT2D eigenvalue weighted by atomic mass is 10.0. The molecule has 1 aromatic heterocycles. The van der Waals surface area contributed by atoms with E-state index < -0.39 is 29.5 Å². The Morgan fingerprint density at radius 2 is 2.11 bits per heavy atom. The first-order chi connectivity index (χ1) is 8.82. The third-order valence-electron chi connectivity index (χ3n) is 2.36. The Balaban J connectivity index is 2.55. The van der Waals surface area contributed by atoms with Gasteiger partial charge in [-0.1, -0.05) is 11.6 Å². The van der Waals surface area contributed by atoms with Gasteiger partial charge < -0.3 is 0 Å². The second kappa shape index (κ2) is 4.80. The summed E-state index contributed by atoms with van der Waals surface area (Å²) in [5.41, 5.74) is -1.66. The summed E-state index contributed by atoms with van der Waals surface area (Å²) in [6, 6.07) is -0.751. The number of rotatable bonds is 2. The zero-order valence-electron chi connectivity index (χ0n) is 8.92. The molecule has 0 saturated carbocycles. The number of hydrogen-bond donors (Lipinski definition) is 1. The average molecular weight is 300 g/mol. The molecule has 0 spiro atoms. The van der Waals surface area contributed by atoms with Gasteiger partial charge in [-0.15, -0.1) is 0 Å². The fourth-order valence-corrected chi connectivity index (χ4v) is 1.86. The van der Waals surface area contributed by atoms with E-state index in [1.54, 1.807) is 6.34 Å². The normalized spacial score (nSPS) is 20.6. The first kappa shape index (κ1) is 13.8. The van der Waals surface area contributed by atoms with E-state index in [1.807, 2.05) is 0 Å². The second-order valence-electron chi connectivity index (χ2n) is 3.50. The zero-order valence-corrected chi connectivity index (χ0v) is 9.67. The van der Waals surface area contributed by atoms with Crippen LogP contribution in [0.15, 0.2) is 28.0 Å². The van der Waals surface area contributed by atoms with E-state index in [0.717, 1.165) is 6.07 Å². The van der Waals surface area contributed by atoms with Gasteiger partial charge in [0.2, 0.25) is 0 Å². The molecule has 10 heteroatoms. The standard InChI is InChI=1S/C9H5ClF5N4/c10-7-5(9(13,14)15)6(4-1-2-17-18-4)19(3-16-7)8(11)12/h1-2,6,8H,(H,17,18). The predicted molar refractivity (Wildman–Crippen MR) is 55.5 cm³/mol. The van der Waals surface area contributed by atoms with Gasteiger partial charge in [0.1, 0.15) is 11.2 Å². The van der Waals surface area contributed by atoms with Crippen LogP contribution < -0.4 is 0 Å². The quantitative estimate of drug-likeness (QED) is 0.674. The summed E-state index contributed by atoms with van der Waals surface area (Å²) in [6.07, 6.45) is -1.93. The van der Waals surface area contributed by atoms with E-state index in [4.69, 9.17) is 11.6 Å². The molecule has 0 amide bonds. The minimum atomic E-state index is -4.92. The maximum Gasteiger partial charge on any atom is 0.418 e. The maximum absolute atomic E-state index is 12.9. The first-order valence-corrected chi connectivity index (χ1v) is 5.19. The largest absolute Gasteiger partial charge is 0.418 e. The van der Waals surface area contributed by atoms with Gasteiger partial charge in [0.15, 0.2) is 6.34 Å². The van der Waals surface area contributed by atoms with E-state index in [0.29, 0.717) is 0 Å². The molecule has 1 aliphatic rings. The number of alkyl halides is 5. The Bertz CT molecular complexity index is 507. The van der Waals surface area contributed by atoms with Crippen molar-refractivity contribution in [3.8, 4) is 0 Å². The molecule has 0 aromatic carbocycles. The number of aromatic amines is 1. The summed E-state index contributed by atoms with van der Waals surface area (Å²) in [6.45, 7) is -3.23. The van der Waals surface area contributed by atoms with Crippen LogP contribution in [0.1, 0.15) is 11.7 Å². The summed E-state index contributed by atoms with van der Waals surface area (Å²) in [5, 5.41) is 4.82. The van der Waals surface area contributed by atoms with Gasteiger partial charge in [0, 0.05) is 6.20 Å². The van der Waals surface area contributed by atoms with Crippen LogP contribution in [0.25, 0.3) is 0 Å². The van der Waals surface area contributed by atoms with Crippen LogP contribution in [0.5, 0.6) is 0 Å². The maximum atomic E-state index is 12.9. The fraction of sp³-hybridized carbons (Fsp3) is 0.333. The monoisotopic (exact) mass is 299 g/mol. The highest BCUT2D eigenvalue weighted by molar-refractivity contribution is 6.30. The molecule has 1 unspecified atom stereocenters. The molecule has 2 heterocycles. The fourth-order valence-electron chi connectivity index (χ4n) is 1.61. The smallest absolute Gasteiger partial charge is 0.285 e. The van der Waals surface area contributed by atoms with Crippen molar-refractivity contribution < 1.29 is 22.0 Å². The number of nitrogens with zero attached hydrogens (tertiary/aromatic N) is 3. The molecule has 2 rings (SSSR count).